The van der Waals surface area contributed by atoms with Gasteiger partial charge in [-0.05, 0) is 41.5 Å². The van der Waals surface area contributed by atoms with Gasteiger partial charge in [-0.2, -0.15) is 0 Å². The molecule has 0 saturated carbocycles. The van der Waals surface area contributed by atoms with Crippen molar-refractivity contribution in [1.29, 1.82) is 0 Å². The summed E-state index contributed by atoms with van der Waals surface area (Å²) in [6.45, 7) is 12.8. The van der Waals surface area contributed by atoms with Crippen LogP contribution in [0.1, 0.15) is 48.5 Å². The highest BCUT2D eigenvalue weighted by atomic mass is 17.2. The van der Waals surface area contributed by atoms with Crippen LogP contribution in [0.25, 0.3) is 0 Å². The Labute approximate surface area is 86.1 Å². The summed E-state index contributed by atoms with van der Waals surface area (Å²) in [5.41, 5.74) is -0.430. The van der Waals surface area contributed by atoms with Crippen LogP contribution in [0.5, 0.6) is 0 Å². The van der Waals surface area contributed by atoms with Crippen molar-refractivity contribution in [2.45, 2.75) is 59.7 Å². The lowest BCUT2D eigenvalue weighted by molar-refractivity contribution is -0.393. The molecule has 0 aromatic rings. The Hall–Kier alpha value is -0.610. The number of rotatable bonds is 1. The zero-order valence-electron chi connectivity index (χ0n) is 10.2. The van der Waals surface area contributed by atoms with E-state index in [-0.39, 0.29) is 11.2 Å². The Morgan fingerprint density at radius 3 is 1.14 bits per heavy atom. The van der Waals surface area contributed by atoms with Crippen LogP contribution < -0.4 is 0 Å². The van der Waals surface area contributed by atoms with Gasteiger partial charge in [0.05, 0.1) is 11.2 Å². The molecule has 4 heteroatoms. The summed E-state index contributed by atoms with van der Waals surface area (Å²) < 4.78 is 0. The van der Waals surface area contributed by atoms with E-state index in [1.54, 1.807) is 0 Å². The standard InChI is InChI=1S/C8H18O2.C2H4O2/c1-7(2,3)9-10-8(4,5)6;1-2(3)4/h1-6H3;1H3,(H,3,4). The molecule has 0 aliphatic heterocycles. The van der Waals surface area contributed by atoms with E-state index in [4.69, 9.17) is 19.7 Å². The molecule has 0 bridgehead atoms. The first kappa shape index (κ1) is 15.8. The molecule has 0 aliphatic carbocycles. The first-order valence-electron chi connectivity index (χ1n) is 4.50. The molecule has 0 atom stereocenters. The highest BCUT2D eigenvalue weighted by molar-refractivity contribution is 5.62. The second-order valence-corrected chi connectivity index (χ2v) is 4.91. The second-order valence-electron chi connectivity index (χ2n) is 4.91. The molecule has 86 valence electrons. The van der Waals surface area contributed by atoms with Crippen molar-refractivity contribution in [3.8, 4) is 0 Å². The molecule has 0 radical (unpaired) electrons. The fraction of sp³-hybridized carbons (Fsp3) is 0.900. The summed E-state index contributed by atoms with van der Waals surface area (Å²) in [5, 5.41) is 7.42. The molecule has 0 amide bonds. The smallest absolute Gasteiger partial charge is 0.300 e. The van der Waals surface area contributed by atoms with Crippen LogP contribution in [0.3, 0.4) is 0 Å². The molecule has 0 spiro atoms. The Kier molecular flexibility index (Phi) is 6.77. The monoisotopic (exact) mass is 206 g/mol. The van der Waals surface area contributed by atoms with Gasteiger partial charge < -0.3 is 5.11 Å². The van der Waals surface area contributed by atoms with E-state index in [0.717, 1.165) is 6.92 Å². The molecular weight excluding hydrogens is 184 g/mol. The summed E-state index contributed by atoms with van der Waals surface area (Å²) in [6, 6.07) is 0. The molecule has 0 saturated heterocycles. The number of hydrogen-bond donors (Lipinski definition) is 1. The summed E-state index contributed by atoms with van der Waals surface area (Å²) in [4.78, 5) is 19.2. The van der Waals surface area contributed by atoms with Crippen LogP contribution >= 0.6 is 0 Å². The lowest BCUT2D eigenvalue weighted by Gasteiger charge is -2.24. The molecule has 1 N–H and O–H groups in total. The van der Waals surface area contributed by atoms with Gasteiger partial charge in [-0.25, -0.2) is 9.78 Å². The summed E-state index contributed by atoms with van der Waals surface area (Å²) in [6.07, 6.45) is 0. The van der Waals surface area contributed by atoms with E-state index in [1.807, 2.05) is 41.5 Å². The van der Waals surface area contributed by atoms with Crippen LogP contribution in [0.2, 0.25) is 0 Å². The molecule has 0 fully saturated rings. The molecule has 0 aliphatic rings. The maximum absolute atomic E-state index is 9.00. The van der Waals surface area contributed by atoms with Crippen LogP contribution in [-0.2, 0) is 14.6 Å². The molecule has 0 aromatic heterocycles. The number of carboxylic acids is 1. The van der Waals surface area contributed by atoms with E-state index in [0.29, 0.717) is 0 Å². The lowest BCUT2D eigenvalue weighted by Crippen LogP contribution is -2.27. The van der Waals surface area contributed by atoms with Gasteiger partial charge in [-0.3, -0.25) is 4.79 Å². The average molecular weight is 206 g/mol. The average Bonchev–Trinajstić information content (AvgIpc) is 1.79. The van der Waals surface area contributed by atoms with Gasteiger partial charge in [0.2, 0.25) is 0 Å². The van der Waals surface area contributed by atoms with Gasteiger partial charge in [0.1, 0.15) is 0 Å². The Balaban J connectivity index is 0. The summed E-state index contributed by atoms with van der Waals surface area (Å²) >= 11 is 0. The van der Waals surface area contributed by atoms with Crippen molar-refractivity contribution in [3.63, 3.8) is 0 Å². The maximum atomic E-state index is 9.00. The van der Waals surface area contributed by atoms with E-state index >= 15 is 0 Å². The van der Waals surface area contributed by atoms with Crippen molar-refractivity contribution in [2.75, 3.05) is 0 Å². The molecule has 14 heavy (non-hydrogen) atoms. The second kappa shape index (κ2) is 5.98. The normalized spacial score (nSPS) is 11.6. The van der Waals surface area contributed by atoms with Crippen molar-refractivity contribution in [3.05, 3.63) is 0 Å². The number of hydrogen-bond acceptors (Lipinski definition) is 3. The Bertz CT molecular complexity index is 144. The van der Waals surface area contributed by atoms with Gasteiger partial charge in [-0.1, -0.05) is 0 Å². The third-order valence-electron chi connectivity index (χ3n) is 0.542. The largest absolute Gasteiger partial charge is 0.481 e. The lowest BCUT2D eigenvalue weighted by atomic mass is 10.2. The predicted molar refractivity (Wildman–Crippen MR) is 55.0 cm³/mol. The van der Waals surface area contributed by atoms with E-state index in [2.05, 4.69) is 0 Å². The van der Waals surface area contributed by atoms with Gasteiger partial charge in [0.15, 0.2) is 0 Å². The molecular formula is C10H22O4. The third-order valence-corrected chi connectivity index (χ3v) is 0.542. The molecule has 0 aromatic carbocycles. The fourth-order valence-corrected chi connectivity index (χ4v) is 0.250. The fourth-order valence-electron chi connectivity index (χ4n) is 0.250. The van der Waals surface area contributed by atoms with Gasteiger partial charge in [0.25, 0.3) is 5.97 Å². The first-order chi connectivity index (χ1) is 5.94. The zero-order chi connectivity index (χ0) is 12.0. The van der Waals surface area contributed by atoms with Gasteiger partial charge in [0, 0.05) is 6.92 Å². The molecule has 4 nitrogen and oxygen atoms in total. The minimum absolute atomic E-state index is 0.215. The number of carboxylic acid groups (broad SMARTS) is 1. The van der Waals surface area contributed by atoms with Gasteiger partial charge >= 0.3 is 0 Å². The van der Waals surface area contributed by atoms with Crippen LogP contribution in [0.4, 0.5) is 0 Å². The summed E-state index contributed by atoms with van der Waals surface area (Å²) in [5.74, 6) is -0.833. The minimum Gasteiger partial charge on any atom is -0.481 e. The maximum Gasteiger partial charge on any atom is 0.300 e. The van der Waals surface area contributed by atoms with Crippen molar-refractivity contribution >= 4 is 5.97 Å². The van der Waals surface area contributed by atoms with Crippen molar-refractivity contribution in [1.82, 2.24) is 0 Å². The SMILES string of the molecule is CC(=O)O.CC(C)(C)OOC(C)(C)C. The van der Waals surface area contributed by atoms with Crippen molar-refractivity contribution < 1.29 is 19.7 Å². The van der Waals surface area contributed by atoms with Crippen LogP contribution in [0.15, 0.2) is 0 Å². The quantitative estimate of drug-likeness (QED) is 0.529. The highest BCUT2D eigenvalue weighted by Gasteiger charge is 2.18. The molecule has 0 heterocycles. The van der Waals surface area contributed by atoms with Crippen LogP contribution in [-0.4, -0.2) is 22.3 Å². The third kappa shape index (κ3) is 30.1. The van der Waals surface area contributed by atoms with Gasteiger partial charge in [-0.15, -0.1) is 0 Å². The van der Waals surface area contributed by atoms with E-state index < -0.39 is 5.97 Å². The Morgan fingerprint density at radius 2 is 1.07 bits per heavy atom. The Morgan fingerprint density at radius 1 is 0.929 bits per heavy atom. The molecule has 0 rings (SSSR count). The highest BCUT2D eigenvalue weighted by Crippen LogP contribution is 2.14. The zero-order valence-corrected chi connectivity index (χ0v) is 10.2. The van der Waals surface area contributed by atoms with Crippen molar-refractivity contribution in [2.24, 2.45) is 0 Å². The molecule has 0 unspecified atom stereocenters. The first-order valence-corrected chi connectivity index (χ1v) is 4.50. The summed E-state index contributed by atoms with van der Waals surface area (Å²) in [7, 11) is 0. The number of aliphatic carboxylic acids is 1. The predicted octanol–water partition coefficient (Wildman–Crippen LogP) is 2.62. The van der Waals surface area contributed by atoms with Crippen LogP contribution in [0, 0.1) is 0 Å². The van der Waals surface area contributed by atoms with E-state index in [9.17, 15) is 0 Å². The minimum atomic E-state index is -0.833. The van der Waals surface area contributed by atoms with E-state index in [1.165, 1.54) is 0 Å². The topological polar surface area (TPSA) is 55.8 Å². The number of carbonyl (C=O) groups is 1.